The summed E-state index contributed by atoms with van der Waals surface area (Å²) in [6.07, 6.45) is -0.229. The topological polar surface area (TPSA) is 88.6 Å². The van der Waals surface area contributed by atoms with E-state index in [2.05, 4.69) is 32.2 Å². The first kappa shape index (κ1) is 21.3. The highest BCUT2D eigenvalue weighted by molar-refractivity contribution is 5.90. The van der Waals surface area contributed by atoms with Gasteiger partial charge in [0, 0.05) is 13.1 Å². The monoisotopic (exact) mass is 436 g/mol. The number of carbonyl (C=O) groups is 1. The molecule has 8 nitrogen and oxygen atoms in total. The first-order valence-electron chi connectivity index (χ1n) is 10.2. The molecule has 1 saturated heterocycles. The SMILES string of the molecule is C[C@@H]1CCCN(CCCNC(=O)c2nc3nc(-c4ccco4)cc(C(F)(F)F)n3n2)C1. The van der Waals surface area contributed by atoms with E-state index in [-0.39, 0.29) is 23.1 Å². The maximum absolute atomic E-state index is 13.6. The maximum atomic E-state index is 13.6. The minimum Gasteiger partial charge on any atom is -0.463 e. The summed E-state index contributed by atoms with van der Waals surface area (Å²) in [6, 6.07) is 3.86. The number of piperidine rings is 1. The van der Waals surface area contributed by atoms with Crippen LogP contribution in [0.2, 0.25) is 0 Å². The number of furan rings is 1. The molecule has 166 valence electrons. The van der Waals surface area contributed by atoms with E-state index in [0.717, 1.165) is 32.1 Å². The molecule has 0 bridgehead atoms. The number of halogens is 3. The van der Waals surface area contributed by atoms with Crippen LogP contribution in [0.3, 0.4) is 0 Å². The molecule has 0 aromatic carbocycles. The van der Waals surface area contributed by atoms with Crippen molar-refractivity contribution < 1.29 is 22.4 Å². The number of carbonyl (C=O) groups excluding carboxylic acids is 1. The van der Waals surface area contributed by atoms with Crippen LogP contribution in [-0.2, 0) is 6.18 Å². The zero-order chi connectivity index (χ0) is 22.0. The van der Waals surface area contributed by atoms with Gasteiger partial charge in [-0.3, -0.25) is 4.79 Å². The third-order valence-corrected chi connectivity index (χ3v) is 5.26. The van der Waals surface area contributed by atoms with Gasteiger partial charge in [0.15, 0.2) is 11.5 Å². The number of hydrogen-bond acceptors (Lipinski definition) is 6. The van der Waals surface area contributed by atoms with Crippen molar-refractivity contribution in [2.45, 2.75) is 32.4 Å². The summed E-state index contributed by atoms with van der Waals surface area (Å²) in [5, 5.41) is 6.43. The van der Waals surface area contributed by atoms with E-state index in [4.69, 9.17) is 4.42 Å². The van der Waals surface area contributed by atoms with Crippen LogP contribution in [-0.4, -0.2) is 56.6 Å². The van der Waals surface area contributed by atoms with Gasteiger partial charge in [0.1, 0.15) is 5.69 Å². The first-order valence-corrected chi connectivity index (χ1v) is 10.2. The predicted octanol–water partition coefficient (Wildman–Crippen LogP) is 3.25. The lowest BCUT2D eigenvalue weighted by Crippen LogP contribution is -2.36. The minimum atomic E-state index is -4.71. The molecular formula is C20H23F3N6O2. The number of nitrogens with one attached hydrogen (secondary N) is 1. The van der Waals surface area contributed by atoms with E-state index in [0.29, 0.717) is 17.0 Å². The van der Waals surface area contributed by atoms with Gasteiger partial charge >= 0.3 is 6.18 Å². The van der Waals surface area contributed by atoms with Crippen LogP contribution < -0.4 is 5.32 Å². The molecule has 1 atom stereocenters. The summed E-state index contributed by atoms with van der Waals surface area (Å²) in [7, 11) is 0. The lowest BCUT2D eigenvalue weighted by atomic mass is 10.0. The number of likely N-dealkylation sites (tertiary alicyclic amines) is 1. The fourth-order valence-corrected chi connectivity index (χ4v) is 3.79. The molecule has 1 N–H and O–H groups in total. The van der Waals surface area contributed by atoms with Crippen molar-refractivity contribution in [3.05, 3.63) is 36.0 Å². The molecule has 1 aliphatic heterocycles. The first-order chi connectivity index (χ1) is 14.8. The Morgan fingerprint density at radius 2 is 2.19 bits per heavy atom. The number of nitrogens with zero attached hydrogens (tertiary/aromatic N) is 5. The second kappa shape index (κ2) is 8.66. The average Bonchev–Trinajstić information content (AvgIpc) is 3.39. The molecule has 1 aliphatic rings. The Balaban J connectivity index is 1.47. The van der Waals surface area contributed by atoms with Gasteiger partial charge in [0.2, 0.25) is 5.82 Å². The Bertz CT molecular complexity index is 1050. The van der Waals surface area contributed by atoms with Crippen LogP contribution in [0.5, 0.6) is 0 Å². The second-order valence-electron chi connectivity index (χ2n) is 7.81. The molecule has 1 fully saturated rings. The van der Waals surface area contributed by atoms with Gasteiger partial charge in [-0.15, -0.1) is 5.10 Å². The highest BCUT2D eigenvalue weighted by atomic mass is 19.4. The molecule has 0 saturated carbocycles. The molecule has 0 radical (unpaired) electrons. The van der Waals surface area contributed by atoms with Crippen molar-refractivity contribution >= 4 is 11.7 Å². The third kappa shape index (κ3) is 4.87. The summed E-state index contributed by atoms with van der Waals surface area (Å²) in [5.74, 6) is -0.485. The number of fused-ring (bicyclic) bond motifs is 1. The Morgan fingerprint density at radius 3 is 2.90 bits per heavy atom. The van der Waals surface area contributed by atoms with Gasteiger partial charge in [-0.25, -0.2) is 4.98 Å². The lowest BCUT2D eigenvalue weighted by Gasteiger charge is -2.30. The number of aromatic nitrogens is 4. The molecule has 3 aromatic heterocycles. The molecule has 3 aromatic rings. The van der Waals surface area contributed by atoms with Gasteiger partial charge in [-0.1, -0.05) is 6.92 Å². The molecule has 0 aliphatic carbocycles. The fourth-order valence-electron chi connectivity index (χ4n) is 3.79. The largest absolute Gasteiger partial charge is 0.463 e. The zero-order valence-electron chi connectivity index (χ0n) is 17.0. The smallest absolute Gasteiger partial charge is 0.433 e. The summed E-state index contributed by atoms with van der Waals surface area (Å²) < 4.78 is 46.3. The summed E-state index contributed by atoms with van der Waals surface area (Å²) >= 11 is 0. The van der Waals surface area contributed by atoms with Gasteiger partial charge in [0.25, 0.3) is 11.7 Å². The molecule has 0 spiro atoms. The molecule has 31 heavy (non-hydrogen) atoms. The molecule has 0 unspecified atom stereocenters. The van der Waals surface area contributed by atoms with Crippen LogP contribution >= 0.6 is 0 Å². The Hall–Kier alpha value is -2.95. The lowest BCUT2D eigenvalue weighted by molar-refractivity contribution is -0.142. The summed E-state index contributed by atoms with van der Waals surface area (Å²) in [6.45, 7) is 5.57. The van der Waals surface area contributed by atoms with Crippen molar-refractivity contribution in [2.75, 3.05) is 26.2 Å². The predicted molar refractivity (Wildman–Crippen MR) is 105 cm³/mol. The van der Waals surface area contributed by atoms with Crippen LogP contribution in [0.1, 0.15) is 42.5 Å². The van der Waals surface area contributed by atoms with Crippen molar-refractivity contribution in [2.24, 2.45) is 5.92 Å². The Labute approximate surface area is 176 Å². The highest BCUT2D eigenvalue weighted by Crippen LogP contribution is 2.31. The van der Waals surface area contributed by atoms with E-state index in [9.17, 15) is 18.0 Å². The van der Waals surface area contributed by atoms with Crippen LogP contribution in [0.4, 0.5) is 13.2 Å². The average molecular weight is 436 g/mol. The molecular weight excluding hydrogens is 413 g/mol. The van der Waals surface area contributed by atoms with Crippen LogP contribution in [0.25, 0.3) is 17.2 Å². The standard InChI is InChI=1S/C20H23F3N6O2/c1-13-5-2-8-28(12-13)9-4-7-24-18(30)17-26-19-25-14(15-6-3-10-31-15)11-16(20(21,22)23)29(19)27-17/h3,6,10-11,13H,2,4-5,7-9,12H2,1H3,(H,24,30)/t13-/m1/s1. The Kier molecular flexibility index (Phi) is 5.94. The van der Waals surface area contributed by atoms with Crippen molar-refractivity contribution in [1.29, 1.82) is 0 Å². The number of alkyl halides is 3. The molecule has 11 heteroatoms. The third-order valence-electron chi connectivity index (χ3n) is 5.26. The van der Waals surface area contributed by atoms with Gasteiger partial charge in [-0.2, -0.15) is 22.7 Å². The minimum absolute atomic E-state index is 0.0417. The van der Waals surface area contributed by atoms with Crippen molar-refractivity contribution in [1.82, 2.24) is 29.8 Å². The van der Waals surface area contributed by atoms with Crippen LogP contribution in [0, 0.1) is 5.92 Å². The fraction of sp³-hybridized carbons (Fsp3) is 0.500. The van der Waals surface area contributed by atoms with E-state index in [1.165, 1.54) is 25.2 Å². The normalized spacial score (nSPS) is 17.9. The molecule has 4 rings (SSSR count). The van der Waals surface area contributed by atoms with E-state index in [1.807, 2.05) is 0 Å². The second-order valence-corrected chi connectivity index (χ2v) is 7.81. The number of hydrogen-bond donors (Lipinski definition) is 1. The molecule has 1 amide bonds. The number of amides is 1. The summed E-state index contributed by atoms with van der Waals surface area (Å²) in [5.41, 5.74) is -1.13. The van der Waals surface area contributed by atoms with Crippen molar-refractivity contribution in [3.8, 4) is 11.5 Å². The van der Waals surface area contributed by atoms with Gasteiger partial charge in [-0.05, 0) is 56.5 Å². The van der Waals surface area contributed by atoms with Crippen molar-refractivity contribution in [3.63, 3.8) is 0 Å². The van der Waals surface area contributed by atoms with E-state index < -0.39 is 17.8 Å². The van der Waals surface area contributed by atoms with Crippen LogP contribution in [0.15, 0.2) is 28.9 Å². The molecule has 4 heterocycles. The van der Waals surface area contributed by atoms with Gasteiger partial charge < -0.3 is 14.6 Å². The summed E-state index contributed by atoms with van der Waals surface area (Å²) in [4.78, 5) is 22.7. The zero-order valence-corrected chi connectivity index (χ0v) is 17.0. The van der Waals surface area contributed by atoms with Gasteiger partial charge in [0.05, 0.1) is 6.26 Å². The Morgan fingerprint density at radius 1 is 1.35 bits per heavy atom. The van der Waals surface area contributed by atoms with E-state index in [1.54, 1.807) is 6.07 Å². The number of rotatable bonds is 6. The highest BCUT2D eigenvalue weighted by Gasteiger charge is 2.36. The van der Waals surface area contributed by atoms with E-state index >= 15 is 0 Å². The quantitative estimate of drug-likeness (QED) is 0.597. The maximum Gasteiger partial charge on any atom is 0.433 e.